The van der Waals surface area contributed by atoms with Crippen LogP contribution in [0.3, 0.4) is 0 Å². The first kappa shape index (κ1) is 27.2. The summed E-state index contributed by atoms with van der Waals surface area (Å²) in [5.41, 5.74) is 2.90. The minimum absolute atomic E-state index is 0.0333. The molecule has 0 radical (unpaired) electrons. The van der Waals surface area contributed by atoms with E-state index in [1.165, 1.54) is 17.2 Å². The maximum absolute atomic E-state index is 15.2. The van der Waals surface area contributed by atoms with E-state index in [1.807, 2.05) is 31.2 Å². The molecule has 2 N–H and O–H groups in total. The Morgan fingerprint density at radius 3 is 2.82 bits per heavy atom. The fourth-order valence-electron chi connectivity index (χ4n) is 5.13. The standard InChI is InChI=1S/C29H30ClFN4O4/c1-17-3-2-4-19(9-17)25(16-36)33-27(37)15-35-14-22-21(29(35)38)11-20(12-24(22)31)28-23(30)13-32-26(34-28)10-18-5-7-39-8-6-18/h2-4,9,11-13,18,25,36H,5-8,10,14-16H2,1H3,(H,33,37)/t25-/m1/s1. The van der Waals surface area contributed by atoms with Gasteiger partial charge in [0.15, 0.2) is 0 Å². The lowest BCUT2D eigenvalue weighted by molar-refractivity contribution is -0.122. The van der Waals surface area contributed by atoms with Gasteiger partial charge >= 0.3 is 0 Å². The summed E-state index contributed by atoms with van der Waals surface area (Å²) in [7, 11) is 0. The molecule has 1 atom stereocenters. The third-order valence-electron chi connectivity index (χ3n) is 7.24. The fraction of sp³-hybridized carbons (Fsp3) is 0.379. The number of nitrogens with zero attached hydrogens (tertiary/aromatic N) is 3. The zero-order chi connectivity index (χ0) is 27.5. The van der Waals surface area contributed by atoms with Crippen molar-refractivity contribution in [2.24, 2.45) is 5.92 Å². The van der Waals surface area contributed by atoms with E-state index in [4.69, 9.17) is 16.3 Å². The second-order valence-electron chi connectivity index (χ2n) is 10.1. The molecule has 5 rings (SSSR count). The van der Waals surface area contributed by atoms with Crippen molar-refractivity contribution in [2.45, 2.75) is 38.8 Å². The normalized spacial score (nSPS) is 16.3. The first-order chi connectivity index (χ1) is 18.8. The second-order valence-corrected chi connectivity index (χ2v) is 10.5. The van der Waals surface area contributed by atoms with Crippen molar-refractivity contribution in [3.05, 3.63) is 81.5 Å². The molecule has 0 saturated carbocycles. The van der Waals surface area contributed by atoms with E-state index in [-0.39, 0.29) is 35.8 Å². The minimum Gasteiger partial charge on any atom is -0.394 e. The summed E-state index contributed by atoms with van der Waals surface area (Å²) in [5.74, 6) is -0.452. The van der Waals surface area contributed by atoms with Crippen molar-refractivity contribution in [3.63, 3.8) is 0 Å². The Bertz CT molecular complexity index is 1400. The van der Waals surface area contributed by atoms with Crippen LogP contribution in [0, 0.1) is 18.7 Å². The number of benzene rings is 2. The van der Waals surface area contributed by atoms with E-state index >= 15 is 4.39 Å². The Labute approximate surface area is 231 Å². The van der Waals surface area contributed by atoms with Gasteiger partial charge in [-0.25, -0.2) is 14.4 Å². The van der Waals surface area contributed by atoms with Crippen LogP contribution in [0.4, 0.5) is 4.39 Å². The largest absolute Gasteiger partial charge is 0.394 e. The van der Waals surface area contributed by atoms with E-state index in [9.17, 15) is 14.7 Å². The molecular formula is C29H30ClFN4O4. The first-order valence-electron chi connectivity index (χ1n) is 13.0. The number of aliphatic hydroxyl groups is 1. The van der Waals surface area contributed by atoms with Crippen LogP contribution in [0.15, 0.2) is 42.6 Å². The average Bonchev–Trinajstić information content (AvgIpc) is 3.24. The highest BCUT2D eigenvalue weighted by Crippen LogP contribution is 2.33. The quantitative estimate of drug-likeness (QED) is 0.437. The van der Waals surface area contributed by atoms with Gasteiger partial charge < -0.3 is 20.1 Å². The first-order valence-corrected chi connectivity index (χ1v) is 13.4. The van der Waals surface area contributed by atoms with E-state index in [2.05, 4.69) is 15.3 Å². The number of aliphatic hydroxyl groups excluding tert-OH is 1. The molecule has 0 spiro atoms. The van der Waals surface area contributed by atoms with Crippen molar-refractivity contribution >= 4 is 23.4 Å². The van der Waals surface area contributed by atoms with Crippen LogP contribution >= 0.6 is 11.6 Å². The van der Waals surface area contributed by atoms with Gasteiger partial charge in [0, 0.05) is 42.5 Å². The molecule has 2 aliphatic rings. The van der Waals surface area contributed by atoms with Gasteiger partial charge in [-0.1, -0.05) is 41.4 Å². The van der Waals surface area contributed by atoms with Crippen molar-refractivity contribution in [1.29, 1.82) is 0 Å². The number of carbonyl (C=O) groups excluding carboxylic acids is 2. The number of hydrogen-bond acceptors (Lipinski definition) is 6. The Kier molecular flexibility index (Phi) is 8.20. The summed E-state index contributed by atoms with van der Waals surface area (Å²) < 4.78 is 20.7. The van der Waals surface area contributed by atoms with Crippen molar-refractivity contribution in [3.8, 4) is 11.3 Å². The van der Waals surface area contributed by atoms with Gasteiger partial charge in [-0.15, -0.1) is 0 Å². The van der Waals surface area contributed by atoms with E-state index in [0.717, 1.165) is 24.0 Å². The number of hydrogen-bond donors (Lipinski definition) is 2. The van der Waals surface area contributed by atoms with Crippen LogP contribution in [0.1, 0.15) is 51.8 Å². The average molecular weight is 553 g/mol. The number of aryl methyl sites for hydroxylation is 1. The lowest BCUT2D eigenvalue weighted by atomic mass is 9.96. The number of fused-ring (bicyclic) bond motifs is 1. The van der Waals surface area contributed by atoms with E-state index < -0.39 is 23.7 Å². The summed E-state index contributed by atoms with van der Waals surface area (Å²) in [5, 5.41) is 12.8. The molecule has 204 valence electrons. The Morgan fingerprint density at radius 2 is 2.08 bits per heavy atom. The smallest absolute Gasteiger partial charge is 0.255 e. The number of nitrogens with one attached hydrogen (secondary N) is 1. The molecule has 3 heterocycles. The molecule has 1 saturated heterocycles. The zero-order valence-electron chi connectivity index (χ0n) is 21.6. The number of rotatable bonds is 8. The van der Waals surface area contributed by atoms with Crippen molar-refractivity contribution < 1.29 is 23.8 Å². The number of amides is 2. The Morgan fingerprint density at radius 1 is 1.28 bits per heavy atom. The zero-order valence-corrected chi connectivity index (χ0v) is 22.4. The molecule has 0 unspecified atom stereocenters. The van der Waals surface area contributed by atoms with Gasteiger partial charge in [0.05, 0.1) is 29.9 Å². The minimum atomic E-state index is -0.615. The predicted octanol–water partition coefficient (Wildman–Crippen LogP) is 4.02. The van der Waals surface area contributed by atoms with Gasteiger partial charge in [-0.05, 0) is 43.4 Å². The second kappa shape index (κ2) is 11.8. The number of carbonyl (C=O) groups is 2. The molecule has 10 heteroatoms. The van der Waals surface area contributed by atoms with Gasteiger partial charge in [-0.2, -0.15) is 0 Å². The highest BCUT2D eigenvalue weighted by molar-refractivity contribution is 6.32. The third kappa shape index (κ3) is 6.11. The van der Waals surface area contributed by atoms with Crippen LogP contribution < -0.4 is 5.32 Å². The fourth-order valence-corrected chi connectivity index (χ4v) is 5.33. The number of aromatic nitrogens is 2. The molecule has 0 aliphatic carbocycles. The maximum Gasteiger partial charge on any atom is 0.255 e. The molecule has 39 heavy (non-hydrogen) atoms. The van der Waals surface area contributed by atoms with Crippen LogP contribution in [0.5, 0.6) is 0 Å². The lowest BCUT2D eigenvalue weighted by Gasteiger charge is -2.21. The number of ether oxygens (including phenoxy) is 1. The predicted molar refractivity (Wildman–Crippen MR) is 144 cm³/mol. The summed E-state index contributed by atoms with van der Waals surface area (Å²) in [6, 6.07) is 9.74. The monoisotopic (exact) mass is 552 g/mol. The van der Waals surface area contributed by atoms with E-state index in [0.29, 0.717) is 42.6 Å². The van der Waals surface area contributed by atoms with Gasteiger partial charge in [0.1, 0.15) is 18.2 Å². The SMILES string of the molecule is Cc1cccc([C@@H](CO)NC(=O)CN2Cc3c(F)cc(-c4nc(CC5CCOCC5)ncc4Cl)cc3C2=O)c1. The maximum atomic E-state index is 15.2. The third-order valence-corrected chi connectivity index (χ3v) is 7.51. The molecule has 0 bridgehead atoms. The summed E-state index contributed by atoms with van der Waals surface area (Å²) in [6.45, 7) is 2.75. The van der Waals surface area contributed by atoms with Crippen LogP contribution in [0.25, 0.3) is 11.3 Å². The highest BCUT2D eigenvalue weighted by Gasteiger charge is 2.32. The van der Waals surface area contributed by atoms with Gasteiger partial charge in [-0.3, -0.25) is 9.59 Å². The van der Waals surface area contributed by atoms with Crippen molar-refractivity contribution in [2.75, 3.05) is 26.4 Å². The van der Waals surface area contributed by atoms with Crippen molar-refractivity contribution in [1.82, 2.24) is 20.2 Å². The summed E-state index contributed by atoms with van der Waals surface area (Å²) in [6.07, 6.45) is 4.03. The molecular weight excluding hydrogens is 523 g/mol. The van der Waals surface area contributed by atoms with E-state index in [1.54, 1.807) is 6.07 Å². The Balaban J connectivity index is 1.31. The van der Waals surface area contributed by atoms with Crippen LogP contribution in [0.2, 0.25) is 5.02 Å². The van der Waals surface area contributed by atoms with Gasteiger partial charge in [0.2, 0.25) is 5.91 Å². The number of halogens is 2. The topological polar surface area (TPSA) is 105 Å². The molecule has 2 aromatic carbocycles. The molecule has 2 aliphatic heterocycles. The lowest BCUT2D eigenvalue weighted by Crippen LogP contribution is -2.40. The van der Waals surface area contributed by atoms with Crippen LogP contribution in [-0.2, 0) is 22.5 Å². The molecule has 2 amide bonds. The highest BCUT2D eigenvalue weighted by atomic mass is 35.5. The molecule has 3 aromatic rings. The summed E-state index contributed by atoms with van der Waals surface area (Å²) in [4.78, 5) is 36.2. The summed E-state index contributed by atoms with van der Waals surface area (Å²) >= 11 is 6.40. The van der Waals surface area contributed by atoms with Crippen LogP contribution in [-0.4, -0.2) is 58.2 Å². The molecule has 1 fully saturated rings. The molecule has 1 aromatic heterocycles. The molecule has 8 nitrogen and oxygen atoms in total. The van der Waals surface area contributed by atoms with Gasteiger partial charge in [0.25, 0.3) is 5.91 Å². The Hall–Kier alpha value is -3.40.